The average molecular weight is 632 g/mol. The minimum absolute atomic E-state index is 0.0633. The van der Waals surface area contributed by atoms with Crippen LogP contribution < -0.4 is 20.9 Å². The molecule has 0 aromatic carbocycles. The largest absolute Gasteiger partial charge is 0.479 e. The summed E-state index contributed by atoms with van der Waals surface area (Å²) in [7, 11) is 1.38. The summed E-state index contributed by atoms with van der Waals surface area (Å²) < 4.78 is 37.3. The number of aromatic nitrogens is 4. The summed E-state index contributed by atoms with van der Waals surface area (Å²) >= 11 is 0.724. The molecule has 0 bridgehead atoms. The first-order chi connectivity index (χ1) is 19.6. The van der Waals surface area contributed by atoms with Crippen molar-refractivity contribution in [2.24, 2.45) is 5.92 Å². The van der Waals surface area contributed by atoms with Gasteiger partial charge in [-0.25, -0.2) is 10.1 Å². The second-order valence-electron chi connectivity index (χ2n) is 10.4. The summed E-state index contributed by atoms with van der Waals surface area (Å²) in [6, 6.07) is -1.08. The molecule has 17 nitrogen and oxygen atoms in total. The van der Waals surface area contributed by atoms with Crippen molar-refractivity contribution < 1.29 is 47.9 Å². The van der Waals surface area contributed by atoms with Crippen LogP contribution in [0.1, 0.15) is 40.3 Å². The number of nitrogen functional groups attached to an aromatic ring is 1. The monoisotopic (exact) mass is 631 g/mol. The summed E-state index contributed by atoms with van der Waals surface area (Å²) in [4.78, 5) is 48.4. The van der Waals surface area contributed by atoms with Gasteiger partial charge in [0.05, 0.1) is 32.1 Å². The SMILES string of the molecule is COc1nc(N)nc2c1ncn2C1O[C@H](CO[P@](=O)(N[C@@H](C)C(=O)OC(C)C)SCC2CC(=O)NC2=O)[C@@H](O)[C@@]1(C)O. The van der Waals surface area contributed by atoms with Crippen LogP contribution in [0, 0.1) is 5.92 Å². The first kappa shape index (κ1) is 32.1. The molecule has 2 fully saturated rings. The molecule has 2 unspecified atom stereocenters. The van der Waals surface area contributed by atoms with Crippen molar-refractivity contribution in [1.82, 2.24) is 29.9 Å². The Balaban J connectivity index is 1.53. The number of methoxy groups -OCH3 is 1. The number of anilines is 1. The van der Waals surface area contributed by atoms with E-state index in [-0.39, 0.29) is 35.2 Å². The number of imidazole rings is 1. The summed E-state index contributed by atoms with van der Waals surface area (Å²) in [5, 5.41) is 27.1. The topological polar surface area (TPSA) is 239 Å². The molecule has 42 heavy (non-hydrogen) atoms. The van der Waals surface area contributed by atoms with Crippen LogP contribution in [0.2, 0.25) is 0 Å². The van der Waals surface area contributed by atoms with Crippen LogP contribution in [-0.4, -0.2) is 96.9 Å². The number of carbonyl (C=O) groups is 3. The molecule has 0 saturated carbocycles. The molecule has 7 atom stereocenters. The minimum Gasteiger partial charge on any atom is -0.479 e. The van der Waals surface area contributed by atoms with Crippen molar-refractivity contribution in [1.29, 1.82) is 0 Å². The first-order valence-corrected chi connectivity index (χ1v) is 16.2. The molecule has 232 valence electrons. The van der Waals surface area contributed by atoms with Gasteiger partial charge in [-0.05, 0) is 27.7 Å². The maximum absolute atomic E-state index is 13.9. The van der Waals surface area contributed by atoms with Gasteiger partial charge in [0.2, 0.25) is 23.6 Å². The van der Waals surface area contributed by atoms with Crippen molar-refractivity contribution in [2.75, 3.05) is 25.2 Å². The zero-order chi connectivity index (χ0) is 31.0. The molecule has 4 heterocycles. The van der Waals surface area contributed by atoms with Crippen LogP contribution in [0.5, 0.6) is 5.88 Å². The zero-order valence-corrected chi connectivity index (χ0v) is 25.3. The number of hydrogen-bond donors (Lipinski definition) is 5. The van der Waals surface area contributed by atoms with Crippen LogP contribution in [-0.2, 0) is 32.9 Å². The highest BCUT2D eigenvalue weighted by molar-refractivity contribution is 8.56. The quantitative estimate of drug-likeness (QED) is 0.116. The molecule has 4 rings (SSSR count). The number of ether oxygens (including phenoxy) is 3. The Hall–Kier alpha value is -2.86. The van der Waals surface area contributed by atoms with Gasteiger partial charge in [0.15, 0.2) is 17.4 Å². The summed E-state index contributed by atoms with van der Waals surface area (Å²) in [6.45, 7) is 1.59. The maximum Gasteiger partial charge on any atom is 0.327 e. The van der Waals surface area contributed by atoms with Crippen LogP contribution in [0.3, 0.4) is 0 Å². The molecule has 2 saturated heterocycles. The zero-order valence-electron chi connectivity index (χ0n) is 23.5. The van der Waals surface area contributed by atoms with Crippen molar-refractivity contribution in [2.45, 2.75) is 70.3 Å². The lowest BCUT2D eigenvalue weighted by molar-refractivity contribution is -0.149. The normalized spacial score (nSPS) is 28.2. The molecule has 2 amide bonds. The fourth-order valence-corrected chi connectivity index (χ4v) is 8.46. The number of rotatable bonds is 12. The Labute approximate surface area is 244 Å². The van der Waals surface area contributed by atoms with Gasteiger partial charge < -0.3 is 34.7 Å². The third kappa shape index (κ3) is 6.69. The van der Waals surface area contributed by atoms with E-state index in [2.05, 4.69) is 25.4 Å². The Morgan fingerprint density at radius 3 is 2.71 bits per heavy atom. The number of aliphatic hydroxyl groups excluding tert-OH is 1. The highest BCUT2D eigenvalue weighted by Gasteiger charge is 2.54. The summed E-state index contributed by atoms with van der Waals surface area (Å²) in [5.41, 5.74) is 4.29. The predicted octanol–water partition coefficient (Wildman–Crippen LogP) is -0.123. The van der Waals surface area contributed by atoms with Crippen LogP contribution in [0.25, 0.3) is 11.2 Å². The first-order valence-electron chi connectivity index (χ1n) is 13.0. The molecule has 6 N–H and O–H groups in total. The average Bonchev–Trinajstić information content (AvgIpc) is 3.53. The van der Waals surface area contributed by atoms with Crippen molar-refractivity contribution in [3.63, 3.8) is 0 Å². The van der Waals surface area contributed by atoms with Gasteiger partial charge in [-0.15, -0.1) is 0 Å². The van der Waals surface area contributed by atoms with Crippen LogP contribution >= 0.6 is 18.1 Å². The lowest BCUT2D eigenvalue weighted by Crippen LogP contribution is -2.44. The number of aliphatic hydroxyl groups is 2. The van der Waals surface area contributed by atoms with Gasteiger partial charge in [0.25, 0.3) is 0 Å². The Kier molecular flexibility index (Phi) is 9.46. The third-order valence-corrected chi connectivity index (χ3v) is 10.8. The molecule has 2 aliphatic heterocycles. The van der Waals surface area contributed by atoms with Gasteiger partial charge in [-0.3, -0.25) is 28.8 Å². The highest BCUT2D eigenvalue weighted by atomic mass is 32.7. The van der Waals surface area contributed by atoms with E-state index in [9.17, 15) is 29.2 Å². The van der Waals surface area contributed by atoms with Crippen molar-refractivity contribution >= 4 is 53.0 Å². The number of amides is 2. The molecule has 0 spiro atoms. The van der Waals surface area contributed by atoms with E-state index in [1.165, 1.54) is 31.9 Å². The third-order valence-electron chi connectivity index (χ3n) is 6.58. The van der Waals surface area contributed by atoms with Gasteiger partial charge >= 0.3 is 12.7 Å². The van der Waals surface area contributed by atoms with Crippen LogP contribution in [0.15, 0.2) is 6.33 Å². The van der Waals surface area contributed by atoms with Crippen molar-refractivity contribution in [3.8, 4) is 5.88 Å². The minimum atomic E-state index is -4.00. The van der Waals surface area contributed by atoms with E-state index in [0.29, 0.717) is 0 Å². The smallest absolute Gasteiger partial charge is 0.327 e. The molecular weight excluding hydrogens is 597 g/mol. The second kappa shape index (κ2) is 12.4. The van der Waals surface area contributed by atoms with Gasteiger partial charge in [-0.1, -0.05) is 11.4 Å². The molecule has 2 aliphatic rings. The number of nitrogens with two attached hydrogens (primary N) is 1. The van der Waals surface area contributed by atoms with E-state index < -0.39 is 73.2 Å². The standard InChI is InChI=1S/C23H34N7O10PS/c1-10(2)39-20(34)11(3)29-41(36,42-8-12-6-14(31)26-18(12)33)38-7-13-16(32)23(4,35)21(40-13)30-9-25-15-17(30)27-22(24)28-19(15)37-5/h9-13,16,21,32,35H,6-8H2,1-5H3,(H,29,36)(H2,24,27,28)(H,26,31,33)/t11-,12?,13+,16+,21?,23+,41+/m0/s1. The van der Waals surface area contributed by atoms with Gasteiger partial charge in [0, 0.05) is 12.2 Å². The highest BCUT2D eigenvalue weighted by Crippen LogP contribution is 2.58. The summed E-state index contributed by atoms with van der Waals surface area (Å²) in [5.74, 6) is -2.48. The van der Waals surface area contributed by atoms with Gasteiger partial charge in [-0.2, -0.15) is 9.97 Å². The number of imide groups is 1. The van der Waals surface area contributed by atoms with E-state index in [1.54, 1.807) is 13.8 Å². The fourth-order valence-electron chi connectivity index (χ4n) is 4.44. The predicted molar refractivity (Wildman–Crippen MR) is 148 cm³/mol. The number of esters is 1. The number of nitrogens with zero attached hydrogens (tertiary/aromatic N) is 4. The maximum atomic E-state index is 13.9. The number of hydrogen-bond acceptors (Lipinski definition) is 15. The number of carbonyl (C=O) groups excluding carboxylic acids is 3. The summed E-state index contributed by atoms with van der Waals surface area (Å²) in [6.07, 6.45) is -3.19. The van der Waals surface area contributed by atoms with E-state index >= 15 is 0 Å². The molecule has 2 aromatic rings. The molecule has 2 aromatic heterocycles. The van der Waals surface area contributed by atoms with Crippen molar-refractivity contribution in [3.05, 3.63) is 6.33 Å². The molecule has 19 heteroatoms. The lowest BCUT2D eigenvalue weighted by atomic mass is 9.96. The number of nitrogens with one attached hydrogen (secondary N) is 2. The fraction of sp³-hybridized carbons (Fsp3) is 0.652. The Morgan fingerprint density at radius 2 is 2.10 bits per heavy atom. The molecule has 0 radical (unpaired) electrons. The number of fused-ring (bicyclic) bond motifs is 1. The lowest BCUT2D eigenvalue weighted by Gasteiger charge is -2.27. The van der Waals surface area contributed by atoms with E-state index in [4.69, 9.17) is 24.5 Å². The Bertz CT molecular complexity index is 1410. The van der Waals surface area contributed by atoms with Crippen LogP contribution in [0.4, 0.5) is 5.95 Å². The van der Waals surface area contributed by atoms with E-state index in [1.807, 2.05) is 0 Å². The molecule has 0 aliphatic carbocycles. The molecular formula is C23H34N7O10PS. The van der Waals surface area contributed by atoms with Gasteiger partial charge in [0.1, 0.15) is 23.9 Å². The second-order valence-corrected chi connectivity index (χ2v) is 14.7. The Morgan fingerprint density at radius 1 is 1.38 bits per heavy atom. The van der Waals surface area contributed by atoms with E-state index in [0.717, 1.165) is 11.4 Å².